The first-order valence-electron chi connectivity index (χ1n) is 12.8. The zero-order valence-electron chi connectivity index (χ0n) is 22.5. The number of rotatable bonds is 5. The fourth-order valence-electron chi connectivity index (χ4n) is 4.56. The topological polar surface area (TPSA) is 153 Å². The molecule has 5 rings (SSSR count). The minimum atomic E-state index is -4.47. The molecule has 0 fully saturated rings. The average Bonchev–Trinajstić information content (AvgIpc) is 3.32. The number of hydrogen-bond donors (Lipinski definition) is 5. The Bertz CT molecular complexity index is 1730. The maximum atomic E-state index is 12.8. The van der Waals surface area contributed by atoms with Crippen LogP contribution in [0.1, 0.15) is 32.7 Å². The van der Waals surface area contributed by atoms with E-state index in [1.54, 1.807) is 30.3 Å². The average molecular weight is 611 g/mol. The second-order valence-electron chi connectivity index (χ2n) is 9.31. The molecule has 14 heteroatoms. The summed E-state index contributed by atoms with van der Waals surface area (Å²) in [4.78, 5) is 33.4. The van der Waals surface area contributed by atoms with E-state index in [-0.39, 0.29) is 29.9 Å². The van der Waals surface area contributed by atoms with E-state index in [1.165, 1.54) is 18.3 Å². The van der Waals surface area contributed by atoms with Crippen molar-refractivity contribution in [1.29, 1.82) is 0 Å². The van der Waals surface area contributed by atoms with Crippen LogP contribution in [0.5, 0.6) is 0 Å². The van der Waals surface area contributed by atoms with E-state index in [0.29, 0.717) is 59.8 Å². The Morgan fingerprint density at radius 3 is 2.53 bits per heavy atom. The summed E-state index contributed by atoms with van der Waals surface area (Å²) in [6.45, 7) is 1.34. The number of amides is 3. The molecule has 0 unspecified atom stereocenters. The van der Waals surface area contributed by atoms with Gasteiger partial charge in [-0.05, 0) is 48.5 Å². The molecule has 0 saturated heterocycles. The summed E-state index contributed by atoms with van der Waals surface area (Å²) in [5.41, 5.74) is 15.1. The molecule has 43 heavy (non-hydrogen) atoms. The number of nitrogens with zero attached hydrogens (tertiary/aromatic N) is 3. The Hall–Kier alpha value is -5.06. The highest BCUT2D eigenvalue weighted by Gasteiger charge is 2.30. The lowest BCUT2D eigenvalue weighted by Crippen LogP contribution is -2.32. The molecule has 2 aromatic heterocycles. The predicted molar refractivity (Wildman–Crippen MR) is 159 cm³/mol. The number of hydrogen-bond acceptors (Lipinski definition) is 6. The van der Waals surface area contributed by atoms with Gasteiger partial charge in [-0.2, -0.15) is 13.2 Å². The fourth-order valence-corrected chi connectivity index (χ4v) is 4.56. The maximum Gasteiger partial charge on any atom is 0.416 e. The Morgan fingerprint density at radius 1 is 1.07 bits per heavy atom. The van der Waals surface area contributed by atoms with Gasteiger partial charge in [0.2, 0.25) is 5.95 Å². The van der Waals surface area contributed by atoms with Gasteiger partial charge in [-0.3, -0.25) is 4.79 Å². The van der Waals surface area contributed by atoms with Crippen LogP contribution in [-0.2, 0) is 19.1 Å². The van der Waals surface area contributed by atoms with Crippen molar-refractivity contribution in [3.8, 4) is 23.2 Å². The summed E-state index contributed by atoms with van der Waals surface area (Å²) >= 11 is 0. The van der Waals surface area contributed by atoms with Crippen molar-refractivity contribution in [2.75, 3.05) is 29.5 Å². The van der Waals surface area contributed by atoms with E-state index in [2.05, 4.69) is 37.8 Å². The molecule has 0 spiro atoms. The summed E-state index contributed by atoms with van der Waals surface area (Å²) in [5.74, 6) is 5.97. The van der Waals surface area contributed by atoms with Gasteiger partial charge in [0, 0.05) is 54.9 Å². The smallest absolute Gasteiger partial charge is 0.368 e. The van der Waals surface area contributed by atoms with E-state index >= 15 is 0 Å². The van der Waals surface area contributed by atoms with E-state index in [0.717, 1.165) is 17.8 Å². The molecule has 2 aromatic carbocycles. The first-order chi connectivity index (χ1) is 20.1. The largest absolute Gasteiger partial charge is 0.416 e. The molecule has 1 aliphatic rings. The van der Waals surface area contributed by atoms with Gasteiger partial charge >= 0.3 is 12.2 Å². The molecule has 7 N–H and O–H groups in total. The van der Waals surface area contributed by atoms with E-state index in [1.807, 2.05) is 4.57 Å². The Morgan fingerprint density at radius 2 is 1.81 bits per heavy atom. The van der Waals surface area contributed by atoms with Crippen LogP contribution in [0.25, 0.3) is 11.4 Å². The lowest BCUT2D eigenvalue weighted by molar-refractivity contribution is -0.137. The quantitative estimate of drug-likeness (QED) is 0.213. The van der Waals surface area contributed by atoms with Crippen molar-refractivity contribution in [2.45, 2.75) is 19.1 Å². The lowest BCUT2D eigenvalue weighted by atomic mass is 10.1. The summed E-state index contributed by atoms with van der Waals surface area (Å²) in [5, 5.41) is 7.97. The van der Waals surface area contributed by atoms with Gasteiger partial charge in [0.1, 0.15) is 5.69 Å². The third-order valence-corrected chi connectivity index (χ3v) is 6.44. The van der Waals surface area contributed by atoms with Crippen LogP contribution < -0.4 is 27.4 Å². The highest BCUT2D eigenvalue weighted by molar-refractivity contribution is 6.00. The van der Waals surface area contributed by atoms with E-state index < -0.39 is 17.8 Å². The molecular formula is C29H26ClF3N8O2. The highest BCUT2D eigenvalue weighted by atomic mass is 35.5. The molecule has 0 aliphatic carbocycles. The number of nitrogens with two attached hydrogens (primary N) is 2. The number of anilines is 3. The molecule has 0 radical (unpaired) electrons. The second kappa shape index (κ2) is 12.8. The third-order valence-electron chi connectivity index (χ3n) is 6.44. The number of nitrogens with one attached hydrogen (secondary N) is 3. The maximum absolute atomic E-state index is 12.8. The number of halogens is 4. The van der Waals surface area contributed by atoms with Crippen LogP contribution in [0.15, 0.2) is 60.8 Å². The summed E-state index contributed by atoms with van der Waals surface area (Å²) in [6, 6.07) is 11.9. The Labute approximate surface area is 250 Å². The van der Waals surface area contributed by atoms with Crippen molar-refractivity contribution in [3.05, 3.63) is 88.7 Å². The number of benzene rings is 2. The molecule has 3 heterocycles. The number of carbonyl (C=O) groups is 2. The fraction of sp³-hybridized carbons (Fsp3) is 0.172. The van der Waals surface area contributed by atoms with Gasteiger partial charge in [0.05, 0.1) is 22.4 Å². The summed E-state index contributed by atoms with van der Waals surface area (Å²) in [6.07, 6.45) is -2.32. The van der Waals surface area contributed by atoms with Gasteiger partial charge in [0.25, 0.3) is 5.91 Å². The van der Waals surface area contributed by atoms with Crippen molar-refractivity contribution in [3.63, 3.8) is 0 Å². The molecule has 1 aliphatic heterocycles. The van der Waals surface area contributed by atoms with E-state index in [4.69, 9.17) is 11.5 Å². The van der Waals surface area contributed by atoms with Crippen LogP contribution in [-0.4, -0.2) is 39.6 Å². The van der Waals surface area contributed by atoms with Gasteiger partial charge in [-0.1, -0.05) is 17.9 Å². The van der Waals surface area contributed by atoms with Gasteiger partial charge < -0.3 is 32.0 Å². The Kier molecular flexibility index (Phi) is 9.23. The SMILES string of the molecule is Cl.NCCn1c(-c2nc(N)ncc2C#Cc2cccc(NC(=O)Nc3ccc(C(F)(F)F)cc3)c2)cc2c1CCNC2=O. The highest BCUT2D eigenvalue weighted by Crippen LogP contribution is 2.31. The first kappa shape index (κ1) is 30.9. The zero-order chi connectivity index (χ0) is 29.9. The molecule has 3 amide bonds. The van der Waals surface area contributed by atoms with Crippen molar-refractivity contribution in [1.82, 2.24) is 19.9 Å². The van der Waals surface area contributed by atoms with Crippen molar-refractivity contribution in [2.24, 2.45) is 5.73 Å². The summed E-state index contributed by atoms with van der Waals surface area (Å²) in [7, 11) is 0. The van der Waals surface area contributed by atoms with Crippen LogP contribution in [0.2, 0.25) is 0 Å². The molecule has 10 nitrogen and oxygen atoms in total. The van der Waals surface area contributed by atoms with E-state index in [9.17, 15) is 22.8 Å². The number of aromatic nitrogens is 3. The molecule has 0 bridgehead atoms. The zero-order valence-corrected chi connectivity index (χ0v) is 23.3. The first-order valence-corrected chi connectivity index (χ1v) is 12.8. The third kappa shape index (κ3) is 7.06. The second-order valence-corrected chi connectivity index (χ2v) is 9.31. The van der Waals surface area contributed by atoms with Crippen LogP contribution in [0.3, 0.4) is 0 Å². The Balaban J connectivity index is 0.00000423. The number of nitrogen functional groups attached to an aromatic ring is 1. The van der Waals surface area contributed by atoms with Crippen LogP contribution in [0.4, 0.5) is 35.3 Å². The monoisotopic (exact) mass is 610 g/mol. The van der Waals surface area contributed by atoms with Crippen molar-refractivity contribution < 1.29 is 22.8 Å². The molecule has 4 aromatic rings. The van der Waals surface area contributed by atoms with Crippen LogP contribution >= 0.6 is 12.4 Å². The van der Waals surface area contributed by atoms with Gasteiger partial charge in [0.15, 0.2) is 0 Å². The van der Waals surface area contributed by atoms with Crippen molar-refractivity contribution >= 4 is 41.7 Å². The van der Waals surface area contributed by atoms with Gasteiger partial charge in [-0.25, -0.2) is 14.8 Å². The molecular weight excluding hydrogens is 585 g/mol. The van der Waals surface area contributed by atoms with Gasteiger partial charge in [-0.15, -0.1) is 12.4 Å². The lowest BCUT2D eigenvalue weighted by Gasteiger charge is -2.17. The predicted octanol–water partition coefficient (Wildman–Crippen LogP) is 4.26. The number of carbonyl (C=O) groups excluding carboxylic acids is 2. The minimum absolute atomic E-state index is 0. The standard InChI is InChI=1S/C29H25F3N8O2.ClH/c30-29(31,32)19-6-8-20(9-7-19)37-28(42)38-21-3-1-2-17(14-21)4-5-18-16-36-27(34)39-25(18)24-15-22-23(40(24)13-11-33)10-12-35-26(22)41;/h1-3,6-9,14-16H,10-13,33H2,(H,35,41)(H2,34,36,39)(H2,37,38,42);1H. The summed E-state index contributed by atoms with van der Waals surface area (Å²) < 4.78 is 40.3. The molecule has 222 valence electrons. The number of fused-ring (bicyclic) bond motifs is 1. The number of urea groups is 1. The van der Waals surface area contributed by atoms with Crippen LogP contribution in [0, 0.1) is 11.8 Å². The molecule has 0 atom stereocenters. The normalized spacial score (nSPS) is 12.2. The number of alkyl halides is 3. The molecule has 0 saturated carbocycles. The minimum Gasteiger partial charge on any atom is -0.368 e.